The van der Waals surface area contributed by atoms with Gasteiger partial charge in [-0.05, 0) is 112 Å². The second-order valence-corrected chi connectivity index (χ2v) is 17.7. The Balaban J connectivity index is 1.07. The number of nitrogens with zero attached hydrogens (tertiary/aromatic N) is 2. The number of unbranched alkanes of at least 4 members (excludes halogenated alkanes) is 1. The number of aromatic nitrogens is 1. The Labute approximate surface area is 284 Å². The van der Waals surface area contributed by atoms with Crippen LogP contribution in [0.25, 0.3) is 11.1 Å². The first-order valence-corrected chi connectivity index (χ1v) is 19.7. The van der Waals surface area contributed by atoms with E-state index in [4.69, 9.17) is 9.26 Å². The molecule has 7 aliphatic rings. The summed E-state index contributed by atoms with van der Waals surface area (Å²) in [6.45, 7) is 6.81. The number of benzene rings is 2. The summed E-state index contributed by atoms with van der Waals surface area (Å²) >= 11 is 0. The van der Waals surface area contributed by atoms with Crippen LogP contribution in [0.5, 0.6) is 0 Å². The molecule has 2 heterocycles. The number of amides is 1. The number of carbonyl (C=O) groups excluding carboxylic acids is 1. The molecule has 10 rings (SSSR count). The van der Waals surface area contributed by atoms with Crippen LogP contribution in [-0.2, 0) is 32.7 Å². The maximum absolute atomic E-state index is 14.8. The van der Waals surface area contributed by atoms with E-state index in [-0.39, 0.29) is 27.8 Å². The molecule has 9 heteroatoms. The maximum Gasteiger partial charge on any atom is 0.263 e. The molecule has 6 saturated carbocycles. The van der Waals surface area contributed by atoms with Crippen LogP contribution in [0.15, 0.2) is 51.9 Å². The third-order valence-corrected chi connectivity index (χ3v) is 15.1. The smallest absolute Gasteiger partial charge is 0.263 e. The van der Waals surface area contributed by atoms with E-state index in [2.05, 4.69) is 33.8 Å². The van der Waals surface area contributed by atoms with Gasteiger partial charge in [-0.1, -0.05) is 61.3 Å². The number of anilines is 1. The molecule has 4 unspecified atom stereocenters. The molecule has 2 spiro atoms. The standard InChI is InChI=1S/C39H47N3O5S/c1-4-5-15-38-23-37(38)20-34(37)39(19-27-17-29(39)18-27)36(43)42(38)21-26-13-14-31(28(16-26)22-46-30-9-8-10-30)32-11-6-7-12-33(32)48(44,45)41-35-24(2)25(3)47-40-35/h6-7,11-14,16,27,29-30,34H,4-5,8-10,15,17-23H2,1-3H3,(H,40,41). The molecule has 1 aromatic heterocycles. The third kappa shape index (κ3) is 4.31. The molecule has 1 amide bonds. The van der Waals surface area contributed by atoms with Crippen LogP contribution in [0, 0.1) is 42.4 Å². The number of hydrogen-bond acceptors (Lipinski definition) is 6. The molecule has 2 aromatic carbocycles. The van der Waals surface area contributed by atoms with Crippen molar-refractivity contribution in [3.05, 3.63) is 64.9 Å². The first-order chi connectivity index (χ1) is 23.1. The molecule has 2 bridgehead atoms. The highest BCUT2D eigenvalue weighted by Crippen LogP contribution is 2.90. The highest BCUT2D eigenvalue weighted by Gasteiger charge is 2.91. The van der Waals surface area contributed by atoms with Gasteiger partial charge in [0.1, 0.15) is 5.76 Å². The third-order valence-electron chi connectivity index (χ3n) is 13.7. The van der Waals surface area contributed by atoms with Crippen LogP contribution in [-0.4, -0.2) is 36.0 Å². The minimum Gasteiger partial charge on any atom is -0.374 e. The first kappa shape index (κ1) is 30.9. The molecule has 1 aliphatic heterocycles. The molecule has 254 valence electrons. The number of nitrogens with one attached hydrogen (secondary N) is 1. The van der Waals surface area contributed by atoms with Crippen LogP contribution < -0.4 is 4.72 Å². The average molecular weight is 670 g/mol. The molecule has 1 saturated heterocycles. The van der Waals surface area contributed by atoms with Gasteiger partial charge >= 0.3 is 0 Å². The van der Waals surface area contributed by atoms with E-state index in [0.717, 1.165) is 61.1 Å². The summed E-state index contributed by atoms with van der Waals surface area (Å²) in [5.41, 5.74) is 4.40. The van der Waals surface area contributed by atoms with Crippen LogP contribution in [0.3, 0.4) is 0 Å². The Kier molecular flexibility index (Phi) is 6.86. The summed E-state index contributed by atoms with van der Waals surface area (Å²) < 4.78 is 41.9. The summed E-state index contributed by atoms with van der Waals surface area (Å²) in [5, 5.41) is 3.94. The van der Waals surface area contributed by atoms with E-state index >= 15 is 0 Å². The first-order valence-electron chi connectivity index (χ1n) is 18.2. The minimum absolute atomic E-state index is 0.00814. The summed E-state index contributed by atoms with van der Waals surface area (Å²) in [6, 6.07) is 13.5. The number of ether oxygens (including phenoxy) is 1. The second kappa shape index (κ2) is 10.7. The summed E-state index contributed by atoms with van der Waals surface area (Å²) in [7, 11) is -3.98. The lowest BCUT2D eigenvalue weighted by molar-refractivity contribution is -0.155. The average Bonchev–Trinajstić information content (AvgIpc) is 3.75. The van der Waals surface area contributed by atoms with Gasteiger partial charge in [-0.15, -0.1) is 0 Å². The highest BCUT2D eigenvalue weighted by molar-refractivity contribution is 7.92. The lowest BCUT2D eigenvalue weighted by atomic mass is 9.68. The Morgan fingerprint density at radius 1 is 1.08 bits per heavy atom. The fourth-order valence-corrected chi connectivity index (χ4v) is 11.9. The van der Waals surface area contributed by atoms with Crippen molar-refractivity contribution in [3.63, 3.8) is 0 Å². The molecule has 7 fully saturated rings. The summed E-state index contributed by atoms with van der Waals surface area (Å²) in [6.07, 6.45) is 12.9. The van der Waals surface area contributed by atoms with Crippen molar-refractivity contribution < 1.29 is 22.5 Å². The highest BCUT2D eigenvalue weighted by atomic mass is 32.2. The molecule has 1 N–H and O–H groups in total. The van der Waals surface area contributed by atoms with Crippen LogP contribution in [0.1, 0.15) is 100 Å². The number of hydrogen-bond donors (Lipinski definition) is 1. The Morgan fingerprint density at radius 2 is 1.90 bits per heavy atom. The number of piperidine rings is 1. The summed E-state index contributed by atoms with van der Waals surface area (Å²) in [4.78, 5) is 17.4. The van der Waals surface area contributed by atoms with Gasteiger partial charge in [-0.3, -0.25) is 9.52 Å². The number of sulfonamides is 1. The van der Waals surface area contributed by atoms with Crippen molar-refractivity contribution in [2.24, 2.45) is 28.6 Å². The lowest BCUT2D eigenvalue weighted by Crippen LogP contribution is -2.56. The lowest BCUT2D eigenvalue weighted by Gasteiger charge is -2.46. The molecule has 8 nitrogen and oxygen atoms in total. The van der Waals surface area contributed by atoms with Gasteiger partial charge in [0.2, 0.25) is 5.91 Å². The zero-order valence-corrected chi connectivity index (χ0v) is 29.2. The maximum atomic E-state index is 14.8. The molecule has 6 aliphatic carbocycles. The Bertz CT molecular complexity index is 1910. The van der Waals surface area contributed by atoms with Gasteiger partial charge < -0.3 is 14.2 Å². The molecule has 4 atom stereocenters. The number of aryl methyl sites for hydroxylation is 1. The van der Waals surface area contributed by atoms with E-state index in [9.17, 15) is 13.2 Å². The minimum atomic E-state index is -3.98. The predicted octanol–water partition coefficient (Wildman–Crippen LogP) is 7.93. The molecule has 3 aromatic rings. The van der Waals surface area contributed by atoms with Gasteiger partial charge in [-0.25, -0.2) is 8.42 Å². The van der Waals surface area contributed by atoms with Crippen LogP contribution >= 0.6 is 0 Å². The van der Waals surface area contributed by atoms with Gasteiger partial charge in [0.15, 0.2) is 5.82 Å². The van der Waals surface area contributed by atoms with Gasteiger partial charge in [-0.2, -0.15) is 0 Å². The van der Waals surface area contributed by atoms with Crippen molar-refractivity contribution in [1.29, 1.82) is 0 Å². The van der Waals surface area contributed by atoms with Gasteiger partial charge in [0.25, 0.3) is 10.0 Å². The predicted molar refractivity (Wildman–Crippen MR) is 182 cm³/mol. The molecule has 48 heavy (non-hydrogen) atoms. The fourth-order valence-electron chi connectivity index (χ4n) is 10.6. The van der Waals surface area contributed by atoms with Crippen molar-refractivity contribution in [2.75, 3.05) is 4.72 Å². The van der Waals surface area contributed by atoms with Crippen molar-refractivity contribution in [2.45, 2.75) is 121 Å². The van der Waals surface area contributed by atoms with Crippen LogP contribution in [0.4, 0.5) is 5.82 Å². The zero-order chi connectivity index (χ0) is 33.1. The molecular formula is C39H47N3O5S. The second-order valence-electron chi connectivity index (χ2n) is 16.1. The number of carbonyl (C=O) groups is 1. The van der Waals surface area contributed by atoms with E-state index in [0.29, 0.717) is 53.2 Å². The molecular weight excluding hydrogens is 623 g/mol. The normalized spacial score (nSPS) is 32.9. The number of likely N-dealkylation sites (tertiary alicyclic amines) is 1. The zero-order valence-electron chi connectivity index (χ0n) is 28.4. The summed E-state index contributed by atoms with van der Waals surface area (Å²) in [5.74, 6) is 3.14. The monoisotopic (exact) mass is 669 g/mol. The van der Waals surface area contributed by atoms with Crippen molar-refractivity contribution >= 4 is 21.7 Å². The Hall–Kier alpha value is -3.17. The van der Waals surface area contributed by atoms with Crippen LogP contribution in [0.2, 0.25) is 0 Å². The van der Waals surface area contributed by atoms with Crippen molar-refractivity contribution in [1.82, 2.24) is 10.1 Å². The topological polar surface area (TPSA) is 102 Å². The molecule has 0 radical (unpaired) electrons. The van der Waals surface area contributed by atoms with Gasteiger partial charge in [0, 0.05) is 28.6 Å². The largest absolute Gasteiger partial charge is 0.374 e. The number of rotatable bonds is 12. The van der Waals surface area contributed by atoms with Crippen molar-refractivity contribution in [3.8, 4) is 11.1 Å². The van der Waals surface area contributed by atoms with E-state index < -0.39 is 10.0 Å². The van der Waals surface area contributed by atoms with Gasteiger partial charge in [0.05, 0.1) is 23.0 Å². The van der Waals surface area contributed by atoms with E-state index in [1.807, 2.05) is 18.2 Å². The SMILES string of the molecule is CCCCC12CC13CC3C1(CC3CC1C3)C(=O)N2Cc1ccc(-c2ccccc2S(=O)(=O)Nc2noc(C)c2C)c(COC2CCC2)c1. The Morgan fingerprint density at radius 3 is 2.58 bits per heavy atom. The fraction of sp³-hybridized carbons (Fsp3) is 0.590. The van der Waals surface area contributed by atoms with E-state index in [1.54, 1.807) is 26.0 Å². The quantitative estimate of drug-likeness (QED) is 0.210. The van der Waals surface area contributed by atoms with E-state index in [1.165, 1.54) is 32.1 Å².